The fourth-order valence-electron chi connectivity index (χ4n) is 9.15. The molecule has 0 fully saturated rings. The van der Waals surface area contributed by atoms with Gasteiger partial charge >= 0.3 is 0 Å². The molecule has 8 aromatic carbocycles. The number of rotatable bonds is 6. The Morgan fingerprint density at radius 3 is 1.29 bits per heavy atom. The number of aryl methyl sites for hydroxylation is 2. The summed E-state index contributed by atoms with van der Waals surface area (Å²) in [5.74, 6) is 2.65. The zero-order valence-corrected chi connectivity index (χ0v) is 39.6. The molecule has 1 aliphatic heterocycles. The van der Waals surface area contributed by atoms with Gasteiger partial charge in [0.15, 0.2) is 23.0 Å². The van der Waals surface area contributed by atoms with Gasteiger partial charge in [0, 0.05) is 41.1 Å². The Hall–Kier alpha value is -6.82. The first-order valence-corrected chi connectivity index (χ1v) is 24.7. The molecule has 0 amide bonds. The first-order chi connectivity index (χ1) is 33.6. The molecule has 11 rings (SSSR count). The molecule has 0 atom stereocenters. The van der Waals surface area contributed by atoms with Crippen LogP contribution in [0.4, 0.5) is 0 Å². The maximum absolute atomic E-state index is 6.43. The van der Waals surface area contributed by atoms with E-state index in [1.54, 1.807) is 11.8 Å². The summed E-state index contributed by atoms with van der Waals surface area (Å²) in [6.07, 6.45) is 0. The largest absolute Gasteiger partial charge is 0.487 e. The van der Waals surface area contributed by atoms with Crippen LogP contribution in [0.1, 0.15) is 11.1 Å². The molecule has 10 aromatic rings. The topological polar surface area (TPSA) is 65.2 Å². The highest BCUT2D eigenvalue weighted by molar-refractivity contribution is 8.00. The molecule has 2 aromatic heterocycles. The smallest absolute Gasteiger partial charge is 0.162 e. The molecular weight excluding hydrogens is 885 g/mol. The summed E-state index contributed by atoms with van der Waals surface area (Å²) < 4.78 is 41.4. The zero-order valence-electron chi connectivity index (χ0n) is 38.0. The standard InChI is InChI=1S/C58H50N2O6S2/c1-39-14-13-23-51(59-47-19-7-3-15-43(47)44-16-4-8-20-48(44)59)57(39)68-42-36-40(2)58(52(37-42)60-49-21-9-5-17-45(49)46-18-6-10-22-50(46)60)67-41-26-27-55-56(38-41)66-35-31-62-29-33-64-54-25-12-11-24-53(54)63-32-28-61-30-34-65-55/h3-27,36-38H,28-35H2,1-2H3. The highest BCUT2D eigenvalue weighted by atomic mass is 32.2. The third kappa shape index (κ3) is 8.76. The van der Waals surface area contributed by atoms with Crippen molar-refractivity contribution in [3.63, 3.8) is 0 Å². The lowest BCUT2D eigenvalue weighted by atomic mass is 10.2. The van der Waals surface area contributed by atoms with Crippen molar-refractivity contribution in [2.24, 2.45) is 0 Å². The third-order valence-electron chi connectivity index (χ3n) is 12.2. The van der Waals surface area contributed by atoms with E-state index < -0.39 is 0 Å². The Balaban J connectivity index is 0.960. The van der Waals surface area contributed by atoms with E-state index in [2.05, 4.69) is 163 Å². The summed E-state index contributed by atoms with van der Waals surface area (Å²) in [6, 6.07) is 60.1. The van der Waals surface area contributed by atoms with Gasteiger partial charge in [-0.25, -0.2) is 0 Å². The van der Waals surface area contributed by atoms with Crippen LogP contribution < -0.4 is 18.9 Å². The lowest BCUT2D eigenvalue weighted by Gasteiger charge is -2.20. The average Bonchev–Trinajstić information content (AvgIpc) is 3.88. The molecule has 10 heteroatoms. The summed E-state index contributed by atoms with van der Waals surface area (Å²) >= 11 is 3.56. The molecule has 340 valence electrons. The van der Waals surface area contributed by atoms with Crippen molar-refractivity contribution in [3.05, 3.63) is 181 Å². The number of hydrogen-bond acceptors (Lipinski definition) is 8. The van der Waals surface area contributed by atoms with Gasteiger partial charge < -0.3 is 37.6 Å². The van der Waals surface area contributed by atoms with Gasteiger partial charge in [0.05, 0.1) is 59.9 Å². The Kier molecular flexibility index (Phi) is 12.7. The van der Waals surface area contributed by atoms with Gasteiger partial charge in [0.2, 0.25) is 0 Å². The number of nitrogens with zero attached hydrogens (tertiary/aromatic N) is 2. The van der Waals surface area contributed by atoms with Crippen molar-refractivity contribution < 1.29 is 28.4 Å². The van der Waals surface area contributed by atoms with Crippen molar-refractivity contribution in [1.82, 2.24) is 9.13 Å². The normalized spacial score (nSPS) is 14.0. The Bertz CT molecular complexity index is 3330. The molecule has 3 heterocycles. The number of hydrogen-bond donors (Lipinski definition) is 0. The molecule has 0 aliphatic carbocycles. The van der Waals surface area contributed by atoms with Crippen LogP contribution in [0.25, 0.3) is 55.0 Å². The second kappa shape index (κ2) is 19.8. The van der Waals surface area contributed by atoms with Gasteiger partial charge in [-0.2, -0.15) is 0 Å². The van der Waals surface area contributed by atoms with E-state index in [0.29, 0.717) is 75.9 Å². The summed E-state index contributed by atoms with van der Waals surface area (Å²) in [5.41, 5.74) is 9.35. The average molecular weight is 935 g/mol. The molecule has 0 radical (unpaired) electrons. The number of benzene rings is 8. The predicted molar refractivity (Wildman–Crippen MR) is 276 cm³/mol. The third-order valence-corrected chi connectivity index (χ3v) is 14.6. The maximum atomic E-state index is 6.43. The minimum absolute atomic E-state index is 0.341. The van der Waals surface area contributed by atoms with E-state index in [9.17, 15) is 0 Å². The number of fused-ring (bicyclic) bond motifs is 8. The van der Waals surface area contributed by atoms with E-state index in [1.165, 1.54) is 48.6 Å². The van der Waals surface area contributed by atoms with Crippen LogP contribution in [0.15, 0.2) is 189 Å². The second-order valence-electron chi connectivity index (χ2n) is 16.6. The summed E-state index contributed by atoms with van der Waals surface area (Å²) in [7, 11) is 0. The number of para-hydroxylation sites is 6. The first kappa shape index (κ1) is 43.7. The van der Waals surface area contributed by atoms with Crippen LogP contribution in [-0.2, 0) is 9.47 Å². The monoisotopic (exact) mass is 934 g/mol. The molecular formula is C58H50N2O6S2. The van der Waals surface area contributed by atoms with Crippen LogP contribution in [0.3, 0.4) is 0 Å². The molecule has 0 bridgehead atoms. The number of ether oxygens (including phenoxy) is 6. The summed E-state index contributed by atoms with van der Waals surface area (Å²) in [4.78, 5) is 4.54. The van der Waals surface area contributed by atoms with Gasteiger partial charge in [0.25, 0.3) is 0 Å². The predicted octanol–water partition coefficient (Wildman–Crippen LogP) is 14.1. The maximum Gasteiger partial charge on any atom is 0.162 e. The molecule has 0 saturated carbocycles. The minimum atomic E-state index is 0.341. The molecule has 1 aliphatic rings. The van der Waals surface area contributed by atoms with Crippen molar-refractivity contribution >= 4 is 67.1 Å². The van der Waals surface area contributed by atoms with Crippen LogP contribution in [0, 0.1) is 13.8 Å². The van der Waals surface area contributed by atoms with Crippen molar-refractivity contribution in [2.45, 2.75) is 33.4 Å². The fourth-order valence-corrected chi connectivity index (χ4v) is 11.3. The van der Waals surface area contributed by atoms with E-state index >= 15 is 0 Å². The lowest BCUT2D eigenvalue weighted by Crippen LogP contribution is -2.15. The highest BCUT2D eigenvalue weighted by Crippen LogP contribution is 2.46. The van der Waals surface area contributed by atoms with E-state index in [0.717, 1.165) is 37.1 Å². The zero-order chi connectivity index (χ0) is 45.8. The van der Waals surface area contributed by atoms with Crippen LogP contribution >= 0.6 is 23.5 Å². The lowest BCUT2D eigenvalue weighted by molar-refractivity contribution is 0.0639. The van der Waals surface area contributed by atoms with Crippen molar-refractivity contribution in [1.29, 1.82) is 0 Å². The van der Waals surface area contributed by atoms with Crippen LogP contribution in [0.2, 0.25) is 0 Å². The molecule has 0 spiro atoms. The Labute approximate surface area is 404 Å². The first-order valence-electron chi connectivity index (χ1n) is 23.1. The molecule has 68 heavy (non-hydrogen) atoms. The minimum Gasteiger partial charge on any atom is -0.487 e. The van der Waals surface area contributed by atoms with Crippen molar-refractivity contribution in [2.75, 3.05) is 52.9 Å². The second-order valence-corrected chi connectivity index (χ2v) is 18.8. The van der Waals surface area contributed by atoms with Crippen molar-refractivity contribution in [3.8, 4) is 34.4 Å². The van der Waals surface area contributed by atoms with Gasteiger partial charge in [0.1, 0.15) is 26.4 Å². The Morgan fingerprint density at radius 2 is 0.765 bits per heavy atom. The van der Waals surface area contributed by atoms with E-state index in [-0.39, 0.29) is 0 Å². The summed E-state index contributed by atoms with van der Waals surface area (Å²) in [5, 5.41) is 4.92. The van der Waals surface area contributed by atoms with Crippen LogP contribution in [-0.4, -0.2) is 62.0 Å². The number of aromatic nitrogens is 2. The molecule has 8 nitrogen and oxygen atoms in total. The quantitative estimate of drug-likeness (QED) is 0.163. The van der Waals surface area contributed by atoms with Gasteiger partial charge in [-0.3, -0.25) is 0 Å². The van der Waals surface area contributed by atoms with Gasteiger partial charge in [-0.05, 0) is 97.8 Å². The Morgan fingerprint density at radius 1 is 0.338 bits per heavy atom. The van der Waals surface area contributed by atoms with Gasteiger partial charge in [-0.1, -0.05) is 121 Å². The van der Waals surface area contributed by atoms with E-state index in [1.807, 2.05) is 42.1 Å². The SMILES string of the molecule is Cc1cccc(-n2c3ccccc3c3ccccc32)c1Sc1cc(C)c(Sc2ccc3c(c2)OCCOCCOc2ccccc2OCCOCCO3)c(-n2c3ccccc3c3ccccc32)c1. The van der Waals surface area contributed by atoms with E-state index in [4.69, 9.17) is 28.4 Å². The summed E-state index contributed by atoms with van der Waals surface area (Å²) in [6.45, 7) is 7.53. The molecule has 0 saturated heterocycles. The molecule has 0 unspecified atom stereocenters. The molecule has 0 N–H and O–H groups in total. The van der Waals surface area contributed by atoms with Gasteiger partial charge in [-0.15, -0.1) is 0 Å². The van der Waals surface area contributed by atoms with Crippen LogP contribution in [0.5, 0.6) is 23.0 Å². The highest BCUT2D eigenvalue weighted by Gasteiger charge is 2.22. The fraction of sp³-hybridized carbons (Fsp3) is 0.172.